The Labute approximate surface area is 259 Å². The van der Waals surface area contributed by atoms with E-state index in [1.54, 1.807) is 26.2 Å². The Morgan fingerprint density at radius 3 is 2.49 bits per heavy atom. The highest BCUT2D eigenvalue weighted by atomic mass is 19.4. The number of alkyl halides is 3. The first kappa shape index (κ1) is 32.0. The van der Waals surface area contributed by atoms with Gasteiger partial charge in [-0.1, -0.05) is 0 Å². The molecule has 45 heavy (non-hydrogen) atoms. The van der Waals surface area contributed by atoms with Crippen molar-refractivity contribution in [2.75, 3.05) is 52.2 Å². The van der Waals surface area contributed by atoms with Gasteiger partial charge in [0.25, 0.3) is 11.5 Å². The van der Waals surface area contributed by atoms with Crippen molar-refractivity contribution in [1.82, 2.24) is 29.5 Å². The van der Waals surface area contributed by atoms with Gasteiger partial charge in [-0.25, -0.2) is 4.98 Å². The highest BCUT2D eigenvalue weighted by molar-refractivity contribution is 5.98. The van der Waals surface area contributed by atoms with Crippen LogP contribution in [0.4, 0.5) is 19.0 Å². The first-order valence-corrected chi connectivity index (χ1v) is 14.8. The van der Waals surface area contributed by atoms with Crippen LogP contribution in [0.3, 0.4) is 0 Å². The van der Waals surface area contributed by atoms with Crippen LogP contribution in [0.25, 0.3) is 16.6 Å². The zero-order chi connectivity index (χ0) is 32.5. The van der Waals surface area contributed by atoms with Crippen molar-refractivity contribution in [3.63, 3.8) is 0 Å². The smallest absolute Gasteiger partial charge is 0.401 e. The van der Waals surface area contributed by atoms with Crippen molar-refractivity contribution >= 4 is 17.2 Å². The summed E-state index contributed by atoms with van der Waals surface area (Å²) in [7, 11) is 3.26. The molecule has 0 spiro atoms. The molecule has 10 nitrogen and oxygen atoms in total. The Morgan fingerprint density at radius 1 is 1.13 bits per heavy atom. The van der Waals surface area contributed by atoms with Crippen LogP contribution in [0.2, 0.25) is 0 Å². The fourth-order valence-corrected chi connectivity index (χ4v) is 6.10. The van der Waals surface area contributed by atoms with Crippen molar-refractivity contribution in [3.8, 4) is 16.9 Å². The van der Waals surface area contributed by atoms with E-state index in [9.17, 15) is 22.8 Å². The number of hydrogen-bond donors (Lipinski definition) is 3. The molecule has 1 amide bonds. The largest absolute Gasteiger partial charge is 0.496 e. The highest BCUT2D eigenvalue weighted by Gasteiger charge is 2.34. The van der Waals surface area contributed by atoms with Crippen molar-refractivity contribution in [1.29, 1.82) is 0 Å². The molecule has 4 aromatic heterocycles. The van der Waals surface area contributed by atoms with Crippen LogP contribution in [0.1, 0.15) is 45.8 Å². The number of aromatic nitrogens is 3. The normalized spacial score (nSPS) is 15.3. The fraction of sp³-hybridized carbons (Fsp3) is 0.406. The first-order valence-electron chi connectivity index (χ1n) is 14.8. The molecule has 1 atom stereocenters. The molecule has 1 fully saturated rings. The Balaban J connectivity index is 1.53. The molecule has 0 bridgehead atoms. The average molecular weight is 626 g/mol. The van der Waals surface area contributed by atoms with E-state index in [1.165, 1.54) is 12.0 Å². The van der Waals surface area contributed by atoms with Gasteiger partial charge >= 0.3 is 6.18 Å². The summed E-state index contributed by atoms with van der Waals surface area (Å²) in [5.74, 6) is 0.740. The van der Waals surface area contributed by atoms with E-state index in [-0.39, 0.29) is 24.1 Å². The van der Waals surface area contributed by atoms with E-state index >= 15 is 0 Å². The number of piperazine rings is 1. The Kier molecular flexibility index (Phi) is 9.21. The number of anilines is 1. The minimum atomic E-state index is -4.24. The second kappa shape index (κ2) is 12.9. The van der Waals surface area contributed by atoms with Gasteiger partial charge in [0, 0.05) is 79.7 Å². The molecule has 5 rings (SSSR count). The van der Waals surface area contributed by atoms with Crippen LogP contribution >= 0.6 is 0 Å². The molecule has 13 heteroatoms. The topological polar surface area (TPSA) is 107 Å². The molecule has 0 unspecified atom stereocenters. The zero-order valence-corrected chi connectivity index (χ0v) is 26.0. The highest BCUT2D eigenvalue weighted by Crippen LogP contribution is 2.34. The number of H-pyrrole nitrogens is 1. The predicted molar refractivity (Wildman–Crippen MR) is 167 cm³/mol. The van der Waals surface area contributed by atoms with Crippen LogP contribution in [-0.2, 0) is 6.54 Å². The van der Waals surface area contributed by atoms with Crippen LogP contribution < -0.4 is 20.9 Å². The molecule has 1 aliphatic rings. The van der Waals surface area contributed by atoms with E-state index in [0.29, 0.717) is 48.7 Å². The monoisotopic (exact) mass is 625 g/mol. The summed E-state index contributed by atoms with van der Waals surface area (Å²) in [6.45, 7) is 6.16. The predicted octanol–water partition coefficient (Wildman–Crippen LogP) is 4.53. The van der Waals surface area contributed by atoms with Crippen molar-refractivity contribution in [2.24, 2.45) is 0 Å². The van der Waals surface area contributed by atoms with Gasteiger partial charge in [-0.3, -0.25) is 19.4 Å². The summed E-state index contributed by atoms with van der Waals surface area (Å²) in [6, 6.07) is 9.12. The summed E-state index contributed by atoms with van der Waals surface area (Å²) in [5.41, 5.74) is 5.16. The van der Waals surface area contributed by atoms with Gasteiger partial charge in [0.2, 0.25) is 0 Å². The lowest BCUT2D eigenvalue weighted by atomic mass is 9.99. The van der Waals surface area contributed by atoms with Gasteiger partial charge in [0.05, 0.1) is 31.3 Å². The van der Waals surface area contributed by atoms with Crippen molar-refractivity contribution in [2.45, 2.75) is 39.5 Å². The number of rotatable bonds is 9. The number of hydrogen-bond acceptors (Lipinski definition) is 7. The standard InChI is InChI=1S/C32H38F3N7O3/c1-19-14-27(45-5)25(31(44)39-19)17-38-30(43)24-15-26-23(22-6-7-28(36-4)37-16-22)8-9-42(26)29(20(24)2)21(3)41-12-10-40(11-13-41)18-32(33,34)35/h6-9,14-16,21H,10-13,17-18H2,1-5H3,(H,36,37)(H,38,43)(H,39,44)/t21-/m1/s1. The lowest BCUT2D eigenvalue weighted by Crippen LogP contribution is -2.49. The van der Waals surface area contributed by atoms with Gasteiger partial charge in [0.1, 0.15) is 11.6 Å². The van der Waals surface area contributed by atoms with Crippen LogP contribution in [-0.4, -0.2) is 83.1 Å². The number of methoxy groups -OCH3 is 1. The number of nitrogens with zero attached hydrogens (tertiary/aromatic N) is 4. The number of halogens is 3. The number of aromatic amines is 1. The van der Waals surface area contributed by atoms with Gasteiger partial charge in [-0.05, 0) is 56.7 Å². The summed E-state index contributed by atoms with van der Waals surface area (Å²) in [6.07, 6.45) is -0.527. The second-order valence-electron chi connectivity index (χ2n) is 11.3. The maximum Gasteiger partial charge on any atom is 0.401 e. The lowest BCUT2D eigenvalue weighted by molar-refractivity contribution is -0.149. The molecule has 3 N–H and O–H groups in total. The van der Waals surface area contributed by atoms with E-state index in [1.807, 2.05) is 48.7 Å². The maximum atomic E-state index is 13.8. The number of nitrogens with one attached hydrogen (secondary N) is 3. The Hall–Kier alpha value is -4.36. The number of pyridine rings is 3. The molecule has 4 aromatic rings. The molecule has 5 heterocycles. The molecule has 0 aromatic carbocycles. The van der Waals surface area contributed by atoms with E-state index in [2.05, 4.69) is 25.5 Å². The zero-order valence-electron chi connectivity index (χ0n) is 26.0. The Morgan fingerprint density at radius 2 is 1.87 bits per heavy atom. The fourth-order valence-electron chi connectivity index (χ4n) is 6.10. The minimum absolute atomic E-state index is 0.0441. The van der Waals surface area contributed by atoms with E-state index < -0.39 is 12.7 Å². The quantitative estimate of drug-likeness (QED) is 0.251. The van der Waals surface area contributed by atoms with Gasteiger partial charge in [-0.15, -0.1) is 0 Å². The average Bonchev–Trinajstić information content (AvgIpc) is 3.42. The van der Waals surface area contributed by atoms with Gasteiger partial charge in [0.15, 0.2) is 0 Å². The van der Waals surface area contributed by atoms with Crippen LogP contribution in [0.5, 0.6) is 5.75 Å². The van der Waals surface area contributed by atoms with Crippen molar-refractivity contribution < 1.29 is 22.7 Å². The van der Waals surface area contributed by atoms with Crippen LogP contribution in [0, 0.1) is 13.8 Å². The molecular formula is C32H38F3N7O3. The SMILES string of the molecule is CNc1ccc(-c2ccn3c([C@@H](C)N4CCN(CC(F)(F)F)CC4)c(C)c(C(=O)NCc4c(OC)cc(C)[nH]c4=O)cc23)cn1. The van der Waals surface area contributed by atoms with Crippen molar-refractivity contribution in [3.05, 3.63) is 81.2 Å². The van der Waals surface area contributed by atoms with E-state index in [0.717, 1.165) is 33.7 Å². The molecule has 240 valence electrons. The molecule has 0 aliphatic carbocycles. The third-order valence-corrected chi connectivity index (χ3v) is 8.46. The molecule has 1 saturated heterocycles. The molecule has 1 aliphatic heterocycles. The number of fused-ring (bicyclic) bond motifs is 1. The minimum Gasteiger partial charge on any atom is -0.496 e. The first-order chi connectivity index (χ1) is 21.4. The molecule has 0 radical (unpaired) electrons. The number of amides is 1. The summed E-state index contributed by atoms with van der Waals surface area (Å²) in [5, 5.41) is 5.91. The summed E-state index contributed by atoms with van der Waals surface area (Å²) in [4.78, 5) is 37.3. The number of ether oxygens (including phenoxy) is 1. The van der Waals surface area contributed by atoms with Gasteiger partial charge in [-0.2, -0.15) is 13.2 Å². The number of aryl methyl sites for hydroxylation is 1. The summed E-state index contributed by atoms with van der Waals surface area (Å²) < 4.78 is 46.5. The molecule has 0 saturated carbocycles. The lowest BCUT2D eigenvalue weighted by Gasteiger charge is -2.39. The summed E-state index contributed by atoms with van der Waals surface area (Å²) >= 11 is 0. The van der Waals surface area contributed by atoms with E-state index in [4.69, 9.17) is 4.74 Å². The number of carbonyl (C=O) groups is 1. The second-order valence-corrected chi connectivity index (χ2v) is 11.3. The number of carbonyl (C=O) groups excluding carboxylic acids is 1. The Bertz CT molecular complexity index is 1740. The van der Waals surface area contributed by atoms with Gasteiger partial charge < -0.3 is 24.8 Å². The third kappa shape index (κ3) is 6.84. The molecular weight excluding hydrogens is 587 g/mol. The maximum absolute atomic E-state index is 13.8. The third-order valence-electron chi connectivity index (χ3n) is 8.46. The van der Waals surface area contributed by atoms with Crippen LogP contribution in [0.15, 0.2) is 47.5 Å².